The molecule has 1 aliphatic carbocycles. The lowest BCUT2D eigenvalue weighted by Gasteiger charge is -2.05. The van der Waals surface area contributed by atoms with Gasteiger partial charge in [0.2, 0.25) is 5.88 Å². The molecule has 0 aromatic carbocycles. The minimum absolute atomic E-state index is 0.142. The summed E-state index contributed by atoms with van der Waals surface area (Å²) < 4.78 is 6.72. The standard InChI is InChI=1S/C19H19N5O3/c1-2-27-17-9-12(7-8-20-17)15-11-22-24(19(15)26)16-6-3-13(10-21-16)18(25)23-14-4-5-14/h3,6-11,14,22H,2,4-5H2,1H3,(H,23,25). The highest BCUT2D eigenvalue weighted by molar-refractivity contribution is 5.94. The van der Waals surface area contributed by atoms with Crippen molar-refractivity contribution >= 4 is 5.91 Å². The van der Waals surface area contributed by atoms with E-state index in [0.29, 0.717) is 35.0 Å². The molecule has 0 aliphatic heterocycles. The molecule has 8 heteroatoms. The maximum atomic E-state index is 12.8. The number of carbonyl (C=O) groups excluding carboxylic acids is 1. The van der Waals surface area contributed by atoms with Gasteiger partial charge in [0.05, 0.1) is 17.7 Å². The third kappa shape index (κ3) is 3.59. The lowest BCUT2D eigenvalue weighted by Crippen LogP contribution is -2.25. The van der Waals surface area contributed by atoms with Crippen molar-refractivity contribution in [2.75, 3.05) is 6.61 Å². The Kier molecular flexibility index (Phi) is 4.45. The molecular weight excluding hydrogens is 346 g/mol. The van der Waals surface area contributed by atoms with Gasteiger partial charge in [0, 0.05) is 30.7 Å². The van der Waals surface area contributed by atoms with Gasteiger partial charge < -0.3 is 10.1 Å². The van der Waals surface area contributed by atoms with Crippen LogP contribution in [0, 0.1) is 0 Å². The van der Waals surface area contributed by atoms with E-state index in [0.717, 1.165) is 12.8 Å². The second-order valence-corrected chi connectivity index (χ2v) is 6.30. The number of amides is 1. The van der Waals surface area contributed by atoms with Crippen LogP contribution in [0.25, 0.3) is 16.9 Å². The van der Waals surface area contributed by atoms with Gasteiger partial charge in [-0.1, -0.05) is 0 Å². The molecule has 0 radical (unpaired) electrons. The Hall–Kier alpha value is -3.42. The monoisotopic (exact) mass is 365 g/mol. The summed E-state index contributed by atoms with van der Waals surface area (Å²) >= 11 is 0. The number of carbonyl (C=O) groups is 1. The summed E-state index contributed by atoms with van der Waals surface area (Å²) in [6.45, 7) is 2.37. The Balaban J connectivity index is 1.59. The zero-order chi connectivity index (χ0) is 18.8. The number of hydrogen-bond acceptors (Lipinski definition) is 5. The molecule has 0 unspecified atom stereocenters. The van der Waals surface area contributed by atoms with Crippen LogP contribution in [-0.2, 0) is 0 Å². The van der Waals surface area contributed by atoms with Crippen LogP contribution in [0.4, 0.5) is 0 Å². The highest BCUT2D eigenvalue weighted by atomic mass is 16.5. The molecule has 1 amide bonds. The molecule has 0 spiro atoms. The van der Waals surface area contributed by atoms with Crippen molar-refractivity contribution in [3.8, 4) is 22.8 Å². The first-order valence-electron chi connectivity index (χ1n) is 8.82. The Bertz CT molecular complexity index is 1020. The van der Waals surface area contributed by atoms with Crippen molar-refractivity contribution in [2.45, 2.75) is 25.8 Å². The first-order chi connectivity index (χ1) is 13.2. The molecule has 8 nitrogen and oxygen atoms in total. The fourth-order valence-corrected chi connectivity index (χ4v) is 2.70. The average molecular weight is 365 g/mol. The highest BCUT2D eigenvalue weighted by Gasteiger charge is 2.24. The van der Waals surface area contributed by atoms with Crippen LogP contribution in [0.5, 0.6) is 5.88 Å². The average Bonchev–Trinajstić information content (AvgIpc) is 3.41. The Morgan fingerprint density at radius 2 is 2.19 bits per heavy atom. The van der Waals surface area contributed by atoms with Gasteiger partial charge in [-0.3, -0.25) is 14.7 Å². The number of hydrogen-bond donors (Lipinski definition) is 2. The Labute approximate surface area is 155 Å². The van der Waals surface area contributed by atoms with E-state index in [1.807, 2.05) is 6.92 Å². The lowest BCUT2D eigenvalue weighted by atomic mass is 10.1. The van der Waals surface area contributed by atoms with Crippen LogP contribution in [0.2, 0.25) is 0 Å². The van der Waals surface area contributed by atoms with E-state index in [4.69, 9.17) is 4.74 Å². The normalized spacial score (nSPS) is 13.4. The Morgan fingerprint density at radius 1 is 1.33 bits per heavy atom. The van der Waals surface area contributed by atoms with E-state index in [2.05, 4.69) is 20.4 Å². The molecule has 0 atom stereocenters. The third-order valence-electron chi connectivity index (χ3n) is 4.26. The summed E-state index contributed by atoms with van der Waals surface area (Å²) in [5.74, 6) is 0.732. The summed E-state index contributed by atoms with van der Waals surface area (Å²) in [5.41, 5.74) is 1.41. The molecule has 3 aromatic heterocycles. The van der Waals surface area contributed by atoms with Crippen LogP contribution in [0.15, 0.2) is 47.7 Å². The number of nitrogens with zero attached hydrogens (tertiary/aromatic N) is 3. The molecule has 3 heterocycles. The molecule has 4 rings (SSSR count). The van der Waals surface area contributed by atoms with Crippen LogP contribution in [0.3, 0.4) is 0 Å². The van der Waals surface area contributed by atoms with Gasteiger partial charge >= 0.3 is 0 Å². The largest absolute Gasteiger partial charge is 0.478 e. The first kappa shape index (κ1) is 17.0. The van der Waals surface area contributed by atoms with E-state index < -0.39 is 0 Å². The number of aromatic nitrogens is 4. The number of pyridine rings is 2. The molecule has 27 heavy (non-hydrogen) atoms. The molecule has 138 valence electrons. The van der Waals surface area contributed by atoms with E-state index in [9.17, 15) is 9.59 Å². The molecule has 1 fully saturated rings. The molecule has 0 bridgehead atoms. The zero-order valence-corrected chi connectivity index (χ0v) is 14.8. The summed E-state index contributed by atoms with van der Waals surface area (Å²) in [5, 5.41) is 5.82. The molecular formula is C19H19N5O3. The zero-order valence-electron chi connectivity index (χ0n) is 14.8. The minimum Gasteiger partial charge on any atom is -0.478 e. The molecule has 2 N–H and O–H groups in total. The lowest BCUT2D eigenvalue weighted by molar-refractivity contribution is 0.0950. The van der Waals surface area contributed by atoms with E-state index in [1.165, 1.54) is 10.9 Å². The summed E-state index contributed by atoms with van der Waals surface area (Å²) in [6, 6.07) is 7.05. The van der Waals surface area contributed by atoms with Crippen molar-refractivity contribution in [2.24, 2.45) is 0 Å². The van der Waals surface area contributed by atoms with Crippen LogP contribution in [-0.4, -0.2) is 38.3 Å². The maximum Gasteiger partial charge on any atom is 0.280 e. The molecule has 3 aromatic rings. The van der Waals surface area contributed by atoms with Crippen LogP contribution >= 0.6 is 0 Å². The van der Waals surface area contributed by atoms with Crippen molar-refractivity contribution in [1.29, 1.82) is 0 Å². The SMILES string of the molecule is CCOc1cc(-c2c[nH]n(-c3ccc(C(=O)NC4CC4)cn3)c2=O)ccn1. The number of nitrogens with one attached hydrogen (secondary N) is 2. The first-order valence-corrected chi connectivity index (χ1v) is 8.82. The van der Waals surface area contributed by atoms with Gasteiger partial charge in [0.1, 0.15) is 0 Å². The van der Waals surface area contributed by atoms with Gasteiger partial charge in [0.15, 0.2) is 5.82 Å². The van der Waals surface area contributed by atoms with Gasteiger partial charge in [-0.15, -0.1) is 0 Å². The van der Waals surface area contributed by atoms with Crippen LogP contribution < -0.4 is 15.6 Å². The number of rotatable bonds is 6. The minimum atomic E-state index is -0.244. The second-order valence-electron chi connectivity index (χ2n) is 6.30. The predicted octanol–water partition coefficient (Wildman–Crippen LogP) is 1.91. The van der Waals surface area contributed by atoms with Crippen LogP contribution in [0.1, 0.15) is 30.1 Å². The topological polar surface area (TPSA) is 102 Å². The summed E-state index contributed by atoms with van der Waals surface area (Å²) in [4.78, 5) is 33.2. The molecule has 1 saturated carbocycles. The highest BCUT2D eigenvalue weighted by Crippen LogP contribution is 2.20. The smallest absolute Gasteiger partial charge is 0.280 e. The van der Waals surface area contributed by atoms with Crippen molar-refractivity contribution in [3.63, 3.8) is 0 Å². The van der Waals surface area contributed by atoms with E-state index in [1.54, 1.807) is 36.7 Å². The van der Waals surface area contributed by atoms with E-state index in [-0.39, 0.29) is 17.5 Å². The van der Waals surface area contributed by atoms with Gasteiger partial charge in [0.25, 0.3) is 11.5 Å². The third-order valence-corrected chi connectivity index (χ3v) is 4.26. The maximum absolute atomic E-state index is 12.8. The number of aromatic amines is 1. The van der Waals surface area contributed by atoms with Crippen molar-refractivity contribution < 1.29 is 9.53 Å². The fourth-order valence-electron chi connectivity index (χ4n) is 2.70. The quantitative estimate of drug-likeness (QED) is 0.695. The predicted molar refractivity (Wildman–Crippen MR) is 99.1 cm³/mol. The van der Waals surface area contributed by atoms with Gasteiger partial charge in [-0.05, 0) is 43.5 Å². The van der Waals surface area contributed by atoms with Gasteiger partial charge in [-0.2, -0.15) is 0 Å². The molecule has 0 saturated heterocycles. The second kappa shape index (κ2) is 7.06. The fraction of sp³-hybridized carbons (Fsp3) is 0.263. The van der Waals surface area contributed by atoms with Crippen molar-refractivity contribution in [1.82, 2.24) is 25.1 Å². The summed E-state index contributed by atoms with van der Waals surface area (Å²) in [6.07, 6.45) is 6.74. The summed E-state index contributed by atoms with van der Waals surface area (Å²) in [7, 11) is 0. The van der Waals surface area contributed by atoms with Crippen molar-refractivity contribution in [3.05, 3.63) is 58.8 Å². The number of ether oxygens (including phenoxy) is 1. The number of H-pyrrole nitrogens is 1. The Morgan fingerprint density at radius 3 is 2.89 bits per heavy atom. The van der Waals surface area contributed by atoms with Gasteiger partial charge in [-0.25, -0.2) is 14.6 Å². The van der Waals surface area contributed by atoms with E-state index >= 15 is 0 Å². The molecule has 1 aliphatic rings.